The van der Waals surface area contributed by atoms with E-state index in [4.69, 9.17) is 27.9 Å². The van der Waals surface area contributed by atoms with Crippen LogP contribution >= 0.6 is 23.2 Å². The predicted molar refractivity (Wildman–Crippen MR) is 116 cm³/mol. The quantitative estimate of drug-likeness (QED) is 0.599. The molecule has 0 saturated heterocycles. The maximum absolute atomic E-state index is 12.9. The molecule has 1 amide bonds. The van der Waals surface area contributed by atoms with Gasteiger partial charge in [-0.15, -0.1) is 0 Å². The second-order valence-corrected chi connectivity index (χ2v) is 7.42. The minimum atomic E-state index is -1.14. The van der Waals surface area contributed by atoms with Crippen molar-refractivity contribution in [3.8, 4) is 5.69 Å². The van der Waals surface area contributed by atoms with Crippen LogP contribution in [-0.4, -0.2) is 27.3 Å². The fourth-order valence-corrected chi connectivity index (χ4v) is 3.14. The maximum Gasteiger partial charge on any atom is 0.338 e. The highest BCUT2D eigenvalue weighted by molar-refractivity contribution is 6.42. The lowest BCUT2D eigenvalue weighted by Crippen LogP contribution is -2.32. The Kier molecular flexibility index (Phi) is 6.34. The first kappa shape index (κ1) is 21.7. The molecule has 3 rings (SSSR count). The topological polar surface area (TPSA) is 82.3 Å². The van der Waals surface area contributed by atoms with Gasteiger partial charge in [0.2, 0.25) is 0 Å². The van der Waals surface area contributed by atoms with Gasteiger partial charge >= 0.3 is 5.97 Å². The smallest absolute Gasteiger partial charge is 0.338 e. The Balaban J connectivity index is 1.78. The summed E-state index contributed by atoms with van der Waals surface area (Å²) in [5.74, 6) is -1.36. The van der Waals surface area contributed by atoms with Crippen molar-refractivity contribution >= 4 is 40.8 Å². The monoisotopic (exact) mass is 447 g/mol. The Morgan fingerprint density at radius 3 is 2.37 bits per heavy atom. The fourth-order valence-electron chi connectivity index (χ4n) is 2.84. The van der Waals surface area contributed by atoms with Crippen LogP contribution in [0.3, 0.4) is 0 Å². The van der Waals surface area contributed by atoms with Gasteiger partial charge in [0.05, 0.1) is 27.0 Å². The number of carbonyl (C=O) groups is 2. The Morgan fingerprint density at radius 2 is 1.73 bits per heavy atom. The van der Waals surface area contributed by atoms with Crippen molar-refractivity contribution in [3.63, 3.8) is 0 Å². The normalized spacial score (nSPS) is 11.8. The summed E-state index contributed by atoms with van der Waals surface area (Å²) < 4.78 is 8.28. The number of para-hydroxylation sites is 1. The van der Waals surface area contributed by atoms with Crippen molar-refractivity contribution in [2.75, 3.05) is 5.32 Å². The summed E-state index contributed by atoms with van der Waals surface area (Å²) in [6.07, 6.45) is -1.14. The van der Waals surface area contributed by atoms with E-state index in [1.54, 1.807) is 30.8 Å². The van der Waals surface area contributed by atoms with Crippen molar-refractivity contribution in [3.05, 3.63) is 80.2 Å². The number of hydrogen-bond acceptors (Lipinski definition) is 4. The summed E-state index contributed by atoms with van der Waals surface area (Å²) in [4.78, 5) is 37.7. The molecule has 0 aliphatic carbocycles. The first-order valence-corrected chi connectivity index (χ1v) is 9.77. The summed E-state index contributed by atoms with van der Waals surface area (Å²) in [6.45, 7) is 3.13. The van der Waals surface area contributed by atoms with E-state index in [1.165, 1.54) is 29.8 Å². The van der Waals surface area contributed by atoms with E-state index in [2.05, 4.69) is 5.32 Å². The average molecular weight is 448 g/mol. The highest BCUT2D eigenvalue weighted by Gasteiger charge is 2.23. The van der Waals surface area contributed by atoms with E-state index >= 15 is 0 Å². The number of esters is 1. The summed E-state index contributed by atoms with van der Waals surface area (Å²) >= 11 is 11.7. The number of anilines is 1. The van der Waals surface area contributed by atoms with Crippen LogP contribution in [0.25, 0.3) is 5.69 Å². The Morgan fingerprint density at radius 1 is 1.07 bits per heavy atom. The van der Waals surface area contributed by atoms with E-state index in [9.17, 15) is 14.4 Å². The van der Waals surface area contributed by atoms with Crippen LogP contribution in [0.2, 0.25) is 10.0 Å². The number of rotatable bonds is 5. The molecule has 0 bridgehead atoms. The van der Waals surface area contributed by atoms with Crippen LogP contribution in [-0.2, 0) is 16.6 Å². The van der Waals surface area contributed by atoms with Gasteiger partial charge in [-0.05, 0) is 44.2 Å². The van der Waals surface area contributed by atoms with Gasteiger partial charge in [-0.1, -0.05) is 41.4 Å². The zero-order valence-corrected chi connectivity index (χ0v) is 18.0. The van der Waals surface area contributed by atoms with Crippen molar-refractivity contribution in [1.29, 1.82) is 0 Å². The Hall–Kier alpha value is -3.03. The number of ether oxygens (including phenoxy) is 1. The van der Waals surface area contributed by atoms with Gasteiger partial charge in [0, 0.05) is 7.05 Å². The SMILES string of the molecule is Cc1c(NC(=O)[C@H](C)OC(=O)c2ccc(Cl)c(Cl)c2)c(=O)n(-c2ccccc2)n1C. The van der Waals surface area contributed by atoms with Gasteiger partial charge in [0.15, 0.2) is 6.10 Å². The lowest BCUT2D eigenvalue weighted by molar-refractivity contribution is -0.123. The number of benzene rings is 2. The van der Waals surface area contributed by atoms with Crippen molar-refractivity contribution in [1.82, 2.24) is 9.36 Å². The number of carbonyl (C=O) groups excluding carboxylic acids is 2. The first-order chi connectivity index (χ1) is 14.2. The number of aromatic nitrogens is 2. The molecule has 0 radical (unpaired) electrons. The number of hydrogen-bond donors (Lipinski definition) is 1. The van der Waals surface area contributed by atoms with Crippen LogP contribution < -0.4 is 10.9 Å². The predicted octanol–water partition coefficient (Wildman–Crippen LogP) is 3.98. The van der Waals surface area contributed by atoms with Crippen molar-refractivity contribution in [2.45, 2.75) is 20.0 Å². The zero-order valence-electron chi connectivity index (χ0n) is 16.5. The molecule has 1 aromatic heterocycles. The zero-order chi connectivity index (χ0) is 22.0. The highest BCUT2D eigenvalue weighted by atomic mass is 35.5. The minimum absolute atomic E-state index is 0.115. The summed E-state index contributed by atoms with van der Waals surface area (Å²) in [5.41, 5.74) is 1.10. The van der Waals surface area contributed by atoms with Crippen LogP contribution in [0.4, 0.5) is 5.69 Å². The van der Waals surface area contributed by atoms with Crippen LogP contribution in [0, 0.1) is 6.92 Å². The van der Waals surface area contributed by atoms with Crippen LogP contribution in [0.1, 0.15) is 23.0 Å². The van der Waals surface area contributed by atoms with Gasteiger partial charge in [-0.3, -0.25) is 14.3 Å². The van der Waals surface area contributed by atoms with E-state index in [1.807, 2.05) is 18.2 Å². The summed E-state index contributed by atoms with van der Waals surface area (Å²) in [5, 5.41) is 3.07. The molecule has 30 heavy (non-hydrogen) atoms. The van der Waals surface area contributed by atoms with Gasteiger partial charge in [-0.2, -0.15) is 0 Å². The van der Waals surface area contributed by atoms with Gasteiger partial charge in [0.25, 0.3) is 11.5 Å². The molecule has 1 heterocycles. The minimum Gasteiger partial charge on any atom is -0.449 e. The number of nitrogens with zero attached hydrogens (tertiary/aromatic N) is 2. The second kappa shape index (κ2) is 8.77. The molecule has 0 fully saturated rings. The molecule has 1 N–H and O–H groups in total. The van der Waals surface area contributed by atoms with Gasteiger partial charge in [0.1, 0.15) is 5.69 Å². The molecular formula is C21H19Cl2N3O4. The molecule has 9 heteroatoms. The molecular weight excluding hydrogens is 429 g/mol. The third-order valence-corrected chi connectivity index (χ3v) is 5.35. The number of amides is 1. The molecule has 0 unspecified atom stereocenters. The van der Waals surface area contributed by atoms with E-state index < -0.39 is 23.5 Å². The second-order valence-electron chi connectivity index (χ2n) is 6.60. The van der Waals surface area contributed by atoms with Crippen LogP contribution in [0.5, 0.6) is 0 Å². The Labute approximate surface area is 182 Å². The first-order valence-electron chi connectivity index (χ1n) is 9.01. The average Bonchev–Trinajstić information content (AvgIpc) is 2.93. The molecule has 0 spiro atoms. The largest absolute Gasteiger partial charge is 0.449 e. The van der Waals surface area contributed by atoms with E-state index in [0.29, 0.717) is 16.4 Å². The molecule has 0 aliphatic rings. The molecule has 3 aromatic rings. The van der Waals surface area contributed by atoms with Crippen molar-refractivity contribution < 1.29 is 14.3 Å². The van der Waals surface area contributed by atoms with Crippen LogP contribution in [0.15, 0.2) is 53.3 Å². The summed E-state index contributed by atoms with van der Waals surface area (Å²) in [7, 11) is 1.72. The van der Waals surface area contributed by atoms with E-state index in [-0.39, 0.29) is 16.3 Å². The maximum atomic E-state index is 12.9. The molecule has 1 atom stereocenters. The van der Waals surface area contributed by atoms with Gasteiger partial charge in [-0.25, -0.2) is 9.48 Å². The molecule has 2 aromatic carbocycles. The third kappa shape index (κ3) is 4.27. The molecule has 0 aliphatic heterocycles. The van der Waals surface area contributed by atoms with Crippen molar-refractivity contribution in [2.24, 2.45) is 7.05 Å². The van der Waals surface area contributed by atoms with E-state index in [0.717, 1.165) is 0 Å². The molecule has 0 saturated carbocycles. The lowest BCUT2D eigenvalue weighted by atomic mass is 10.2. The lowest BCUT2D eigenvalue weighted by Gasteiger charge is -2.13. The standard InChI is InChI=1S/C21H19Cl2N3O4/c1-12-18(20(28)26(25(12)3)15-7-5-4-6-8-15)24-19(27)13(2)30-21(29)14-9-10-16(22)17(23)11-14/h4-11,13H,1-3H3,(H,24,27)/t13-/m0/s1. The molecule has 7 nitrogen and oxygen atoms in total. The summed E-state index contributed by atoms with van der Waals surface area (Å²) in [6, 6.07) is 13.3. The molecule has 156 valence electrons. The Bertz CT molecular complexity index is 1170. The highest BCUT2D eigenvalue weighted by Crippen LogP contribution is 2.23. The third-order valence-electron chi connectivity index (χ3n) is 4.61. The number of nitrogens with one attached hydrogen (secondary N) is 1. The van der Waals surface area contributed by atoms with Gasteiger partial charge < -0.3 is 10.1 Å². The fraction of sp³-hybridized carbons (Fsp3) is 0.190. The number of halogens is 2.